The highest BCUT2D eigenvalue weighted by Gasteiger charge is 2.35. The number of likely N-dealkylation sites (tertiary alicyclic amines) is 1. The number of hydrogen-bond donors (Lipinski definition) is 4. The van der Waals surface area contributed by atoms with Crippen molar-refractivity contribution in [1.82, 2.24) is 9.62 Å². The van der Waals surface area contributed by atoms with Crippen molar-refractivity contribution in [3.05, 3.63) is 131 Å². The Hall–Kier alpha value is -3.94. The summed E-state index contributed by atoms with van der Waals surface area (Å²) >= 11 is 0. The summed E-state index contributed by atoms with van der Waals surface area (Å²) in [5.41, 5.74) is 4.67. The van der Waals surface area contributed by atoms with Gasteiger partial charge in [-0.1, -0.05) is 84.4 Å². The van der Waals surface area contributed by atoms with Crippen molar-refractivity contribution in [3.8, 4) is 0 Å². The maximum absolute atomic E-state index is 13.8. The molecule has 258 valence electrons. The van der Waals surface area contributed by atoms with Crippen LogP contribution >= 0.6 is 0 Å². The molecule has 2 saturated heterocycles. The van der Waals surface area contributed by atoms with Gasteiger partial charge in [0.05, 0.1) is 29.8 Å². The fourth-order valence-electron chi connectivity index (χ4n) is 6.30. The highest BCUT2D eigenvalue weighted by Crippen LogP contribution is 2.39. The van der Waals surface area contributed by atoms with Gasteiger partial charge in [0.1, 0.15) is 6.04 Å². The number of sulfonamides is 1. The largest absolute Gasteiger partial charge is 0.392 e. The van der Waals surface area contributed by atoms with Crippen molar-refractivity contribution in [2.24, 2.45) is 0 Å². The minimum atomic E-state index is -4.00. The van der Waals surface area contributed by atoms with E-state index in [0.29, 0.717) is 30.8 Å². The van der Waals surface area contributed by atoms with Gasteiger partial charge in [0.25, 0.3) is 0 Å². The van der Waals surface area contributed by atoms with Crippen LogP contribution in [0.5, 0.6) is 0 Å². The molecule has 10 nitrogen and oxygen atoms in total. The summed E-state index contributed by atoms with van der Waals surface area (Å²) in [4.78, 5) is 16.1. The Morgan fingerprint density at radius 2 is 1.67 bits per heavy atom. The number of ether oxygens (including phenoxy) is 2. The number of hydrogen-bond acceptors (Lipinski definition) is 8. The Morgan fingerprint density at radius 1 is 0.918 bits per heavy atom. The summed E-state index contributed by atoms with van der Waals surface area (Å²) in [7, 11) is -4.00. The standard InChI is InChI=1S/C38H43N3O7S/c1-26-10-16-34(17-11-26)49(45,46)40-35(20-27-6-3-2-4-7-27)37(44)39-31-9-5-8-30(21-31)38-47-33(24-41-19-18-32(43)23-41)22-36(48-38)29-14-12-28(25-42)13-15-29/h2-17,21,32-33,35-36,38,40,42-43H,18-20,22-25H2,1H3,(H,39,44). The van der Waals surface area contributed by atoms with Gasteiger partial charge < -0.3 is 25.0 Å². The van der Waals surface area contributed by atoms with Crippen LogP contribution in [0, 0.1) is 6.92 Å². The topological polar surface area (TPSA) is 137 Å². The molecule has 1 amide bonds. The molecular weight excluding hydrogens is 642 g/mol. The van der Waals surface area contributed by atoms with Gasteiger partial charge in [0.15, 0.2) is 6.29 Å². The van der Waals surface area contributed by atoms with Crippen molar-refractivity contribution in [1.29, 1.82) is 0 Å². The number of β-amino-alcohol motifs (C(OH)–C–C–N with tert-alkyl or cyclic N) is 1. The molecule has 0 spiro atoms. The second-order valence-electron chi connectivity index (χ2n) is 12.8. The van der Waals surface area contributed by atoms with Crippen LogP contribution in [0.2, 0.25) is 0 Å². The normalized spacial score (nSPS) is 22.1. The molecule has 0 bridgehead atoms. The number of carbonyl (C=O) groups excluding carboxylic acids is 1. The monoisotopic (exact) mass is 685 g/mol. The van der Waals surface area contributed by atoms with Gasteiger partial charge in [-0.15, -0.1) is 0 Å². The molecule has 2 aliphatic rings. The number of rotatable bonds is 12. The van der Waals surface area contributed by atoms with E-state index >= 15 is 0 Å². The van der Waals surface area contributed by atoms with E-state index in [9.17, 15) is 23.4 Å². The fourth-order valence-corrected chi connectivity index (χ4v) is 7.50. The van der Waals surface area contributed by atoms with Gasteiger partial charge in [0, 0.05) is 37.3 Å². The second kappa shape index (κ2) is 15.7. The Balaban J connectivity index is 1.22. The highest BCUT2D eigenvalue weighted by atomic mass is 32.2. The summed E-state index contributed by atoms with van der Waals surface area (Å²) in [6, 6.07) is 29.5. The Bertz CT molecular complexity index is 1800. The zero-order chi connectivity index (χ0) is 34.4. The molecule has 4 aromatic rings. The van der Waals surface area contributed by atoms with Gasteiger partial charge in [-0.2, -0.15) is 4.72 Å². The van der Waals surface area contributed by atoms with Crippen molar-refractivity contribution < 1.29 is 32.9 Å². The van der Waals surface area contributed by atoms with E-state index in [4.69, 9.17) is 9.47 Å². The molecule has 2 fully saturated rings. The van der Waals surface area contributed by atoms with Crippen LogP contribution in [-0.2, 0) is 37.3 Å². The minimum absolute atomic E-state index is 0.0461. The summed E-state index contributed by atoms with van der Waals surface area (Å²) < 4.78 is 42.3. The number of amides is 1. The van der Waals surface area contributed by atoms with Crippen LogP contribution in [-0.4, -0.2) is 67.3 Å². The number of carbonyl (C=O) groups is 1. The first-order valence-electron chi connectivity index (χ1n) is 16.6. The lowest BCUT2D eigenvalue weighted by Gasteiger charge is -2.38. The van der Waals surface area contributed by atoms with E-state index in [1.807, 2.05) is 67.6 Å². The van der Waals surface area contributed by atoms with Crippen LogP contribution in [0.15, 0.2) is 108 Å². The molecule has 49 heavy (non-hydrogen) atoms. The molecule has 0 aliphatic carbocycles. The van der Waals surface area contributed by atoms with Gasteiger partial charge in [0.2, 0.25) is 15.9 Å². The molecule has 4 N–H and O–H groups in total. The van der Waals surface area contributed by atoms with Crippen LogP contribution in [0.1, 0.15) is 53.1 Å². The molecule has 4 aromatic carbocycles. The van der Waals surface area contributed by atoms with E-state index in [-0.39, 0.29) is 36.2 Å². The molecule has 5 unspecified atom stereocenters. The minimum Gasteiger partial charge on any atom is -0.392 e. The first-order valence-corrected chi connectivity index (χ1v) is 18.1. The number of anilines is 1. The van der Waals surface area contributed by atoms with Crippen LogP contribution in [0.25, 0.3) is 0 Å². The van der Waals surface area contributed by atoms with Crippen LogP contribution < -0.4 is 10.0 Å². The lowest BCUT2D eigenvalue weighted by atomic mass is 9.99. The number of aryl methyl sites for hydroxylation is 1. The van der Waals surface area contributed by atoms with Gasteiger partial charge in [-0.3, -0.25) is 9.69 Å². The van der Waals surface area contributed by atoms with E-state index in [1.165, 1.54) is 12.1 Å². The summed E-state index contributed by atoms with van der Waals surface area (Å²) in [6.45, 7) is 3.86. The molecule has 6 rings (SSSR count). The van der Waals surface area contributed by atoms with Crippen molar-refractivity contribution in [2.75, 3.05) is 25.0 Å². The predicted octanol–water partition coefficient (Wildman–Crippen LogP) is 4.63. The Kier molecular flexibility index (Phi) is 11.2. The van der Waals surface area contributed by atoms with Crippen LogP contribution in [0.4, 0.5) is 5.69 Å². The summed E-state index contributed by atoms with van der Waals surface area (Å²) in [6.07, 6.45) is -0.0658. The lowest BCUT2D eigenvalue weighted by molar-refractivity contribution is -0.252. The number of benzene rings is 4. The van der Waals surface area contributed by atoms with Gasteiger partial charge in [-0.25, -0.2) is 8.42 Å². The van der Waals surface area contributed by atoms with Gasteiger partial charge in [-0.05, 0) is 60.7 Å². The van der Waals surface area contributed by atoms with E-state index in [0.717, 1.165) is 35.2 Å². The molecule has 11 heteroatoms. The first kappa shape index (κ1) is 34.9. The highest BCUT2D eigenvalue weighted by molar-refractivity contribution is 7.89. The maximum Gasteiger partial charge on any atom is 0.242 e. The number of nitrogens with zero attached hydrogens (tertiary/aromatic N) is 1. The third-order valence-corrected chi connectivity index (χ3v) is 10.5. The van der Waals surface area contributed by atoms with Crippen LogP contribution in [0.3, 0.4) is 0 Å². The zero-order valence-electron chi connectivity index (χ0n) is 27.4. The van der Waals surface area contributed by atoms with E-state index in [2.05, 4.69) is 14.9 Å². The van der Waals surface area contributed by atoms with Crippen molar-refractivity contribution >= 4 is 21.6 Å². The summed E-state index contributed by atoms with van der Waals surface area (Å²) in [5, 5.41) is 22.5. The number of nitrogens with one attached hydrogen (secondary N) is 2. The van der Waals surface area contributed by atoms with Crippen molar-refractivity contribution in [3.63, 3.8) is 0 Å². The average Bonchev–Trinajstić information content (AvgIpc) is 3.52. The number of aliphatic hydroxyl groups excluding tert-OH is 2. The van der Waals surface area contributed by atoms with E-state index in [1.54, 1.807) is 30.3 Å². The molecule has 0 aromatic heterocycles. The molecule has 2 heterocycles. The molecule has 0 radical (unpaired) electrons. The Labute approximate surface area is 287 Å². The molecule has 2 aliphatic heterocycles. The quantitative estimate of drug-likeness (QED) is 0.170. The van der Waals surface area contributed by atoms with E-state index < -0.39 is 28.3 Å². The maximum atomic E-state index is 13.8. The second-order valence-corrected chi connectivity index (χ2v) is 14.6. The van der Waals surface area contributed by atoms with Gasteiger partial charge >= 0.3 is 0 Å². The average molecular weight is 686 g/mol. The molecule has 0 saturated carbocycles. The zero-order valence-corrected chi connectivity index (χ0v) is 28.3. The SMILES string of the molecule is Cc1ccc(S(=O)(=O)NC(Cc2ccccc2)C(=O)Nc2cccc(C3OC(CN4CCC(O)C4)CC(c4ccc(CO)cc4)O3)c2)cc1. The first-order chi connectivity index (χ1) is 23.6. The third-order valence-electron chi connectivity index (χ3n) is 8.98. The molecular formula is C38H43N3O7S. The lowest BCUT2D eigenvalue weighted by Crippen LogP contribution is -2.45. The predicted molar refractivity (Wildman–Crippen MR) is 186 cm³/mol. The molecule has 5 atom stereocenters. The number of aliphatic hydroxyl groups is 2. The van der Waals surface area contributed by atoms with Crippen molar-refractivity contribution in [2.45, 2.75) is 68.3 Å². The smallest absolute Gasteiger partial charge is 0.242 e. The Morgan fingerprint density at radius 3 is 2.37 bits per heavy atom. The summed E-state index contributed by atoms with van der Waals surface area (Å²) in [5.74, 6) is -0.505. The fraction of sp³-hybridized carbons (Fsp3) is 0.342. The third kappa shape index (κ3) is 9.20.